The SMILES string of the molecule is C=CC(=O)N1CCC2(CC1)CC(n1cnc3c(N(Cc4ccccc4)Cc4ccccc4)nc(Nc4ccc(OCCOC)cc4)nc31)C2. The molecule has 7 rings (SSSR count). The van der Waals surface area contributed by atoms with Crippen molar-refractivity contribution in [3.63, 3.8) is 0 Å². The summed E-state index contributed by atoms with van der Waals surface area (Å²) in [5.41, 5.74) is 5.08. The first kappa shape index (κ1) is 32.3. The third-order valence-electron chi connectivity index (χ3n) is 9.84. The molecule has 252 valence electrons. The number of fused-ring (bicyclic) bond motifs is 1. The monoisotopic (exact) mass is 657 g/mol. The van der Waals surface area contributed by atoms with Crippen LogP contribution in [0.4, 0.5) is 17.5 Å². The molecule has 1 saturated carbocycles. The van der Waals surface area contributed by atoms with Gasteiger partial charge in [-0.25, -0.2) is 4.98 Å². The van der Waals surface area contributed by atoms with Crippen LogP contribution in [-0.2, 0) is 22.6 Å². The van der Waals surface area contributed by atoms with Gasteiger partial charge in [0, 0.05) is 45.0 Å². The molecule has 10 heteroatoms. The van der Waals surface area contributed by atoms with Crippen molar-refractivity contribution >= 4 is 34.5 Å². The number of benzene rings is 3. The highest BCUT2D eigenvalue weighted by molar-refractivity contribution is 5.87. The normalized spacial score (nSPS) is 15.6. The number of hydrogen-bond acceptors (Lipinski definition) is 8. The van der Waals surface area contributed by atoms with Crippen LogP contribution in [0.2, 0.25) is 0 Å². The van der Waals surface area contributed by atoms with Crippen LogP contribution in [0.1, 0.15) is 42.9 Å². The topological polar surface area (TPSA) is 97.6 Å². The average Bonchev–Trinajstić information content (AvgIpc) is 3.55. The molecule has 0 unspecified atom stereocenters. The fourth-order valence-corrected chi connectivity index (χ4v) is 7.14. The number of rotatable bonds is 13. The number of aromatic nitrogens is 4. The van der Waals surface area contributed by atoms with Gasteiger partial charge in [-0.3, -0.25) is 4.79 Å². The zero-order valence-corrected chi connectivity index (χ0v) is 28.0. The Balaban J connectivity index is 1.21. The molecule has 2 fully saturated rings. The Hall–Kier alpha value is -5.22. The zero-order valence-electron chi connectivity index (χ0n) is 28.0. The van der Waals surface area contributed by atoms with E-state index in [1.165, 1.54) is 17.2 Å². The molecule has 5 aromatic rings. The van der Waals surface area contributed by atoms with E-state index < -0.39 is 0 Å². The predicted octanol–water partition coefficient (Wildman–Crippen LogP) is 6.93. The average molecular weight is 658 g/mol. The van der Waals surface area contributed by atoms with Crippen molar-refractivity contribution in [3.8, 4) is 5.75 Å². The summed E-state index contributed by atoms with van der Waals surface area (Å²) >= 11 is 0. The first-order valence-electron chi connectivity index (χ1n) is 17.0. The summed E-state index contributed by atoms with van der Waals surface area (Å²) in [6.07, 6.45) is 7.46. The van der Waals surface area contributed by atoms with Crippen LogP contribution in [0.15, 0.2) is 104 Å². The first-order chi connectivity index (χ1) is 24.0. The van der Waals surface area contributed by atoms with E-state index in [0.29, 0.717) is 32.3 Å². The standard InChI is InChI=1S/C39H43N7O3/c1-3-34(47)44-20-18-39(19-21-44)24-32(25-39)46-28-40-35-36(45(26-29-10-6-4-7-11-29)27-30-12-8-5-9-13-30)42-38(43-37(35)46)41-31-14-16-33(17-15-31)49-23-22-48-2/h3-17,28,32H,1,18-27H2,2H3,(H,41,42,43). The smallest absolute Gasteiger partial charge is 0.245 e. The molecule has 0 radical (unpaired) electrons. The van der Waals surface area contributed by atoms with Gasteiger partial charge >= 0.3 is 0 Å². The van der Waals surface area contributed by atoms with Crippen LogP contribution in [0.3, 0.4) is 0 Å². The van der Waals surface area contributed by atoms with Gasteiger partial charge in [0.1, 0.15) is 12.4 Å². The Morgan fingerprint density at radius 2 is 1.59 bits per heavy atom. The predicted molar refractivity (Wildman–Crippen MR) is 192 cm³/mol. The van der Waals surface area contributed by atoms with Gasteiger partial charge in [-0.1, -0.05) is 67.2 Å². The minimum atomic E-state index is 0.0272. The minimum absolute atomic E-state index is 0.0272. The molecule has 2 aromatic heterocycles. The van der Waals surface area contributed by atoms with Crippen LogP contribution in [0, 0.1) is 5.41 Å². The highest BCUT2D eigenvalue weighted by atomic mass is 16.5. The van der Waals surface area contributed by atoms with Gasteiger partial charge in [0.2, 0.25) is 11.9 Å². The van der Waals surface area contributed by atoms with Gasteiger partial charge in [-0.2, -0.15) is 9.97 Å². The second kappa shape index (κ2) is 14.5. The number of nitrogens with zero attached hydrogens (tertiary/aromatic N) is 6. The van der Waals surface area contributed by atoms with Crippen LogP contribution in [-0.4, -0.2) is 63.7 Å². The molecule has 1 aliphatic carbocycles. The Morgan fingerprint density at radius 1 is 0.939 bits per heavy atom. The van der Waals surface area contributed by atoms with E-state index in [4.69, 9.17) is 24.4 Å². The van der Waals surface area contributed by atoms with E-state index >= 15 is 0 Å². The van der Waals surface area contributed by atoms with E-state index in [-0.39, 0.29) is 17.4 Å². The van der Waals surface area contributed by atoms with E-state index in [0.717, 1.165) is 67.2 Å². The van der Waals surface area contributed by atoms with Gasteiger partial charge in [-0.15, -0.1) is 0 Å². The Morgan fingerprint density at radius 3 is 2.20 bits per heavy atom. The molecule has 1 amide bonds. The van der Waals surface area contributed by atoms with Crippen molar-refractivity contribution in [2.45, 2.75) is 44.8 Å². The summed E-state index contributed by atoms with van der Waals surface area (Å²) in [4.78, 5) is 31.6. The lowest BCUT2D eigenvalue weighted by molar-refractivity contribution is -0.130. The second-order valence-electron chi connectivity index (χ2n) is 13.1. The van der Waals surface area contributed by atoms with Crippen LogP contribution < -0.4 is 15.0 Å². The number of nitrogens with one attached hydrogen (secondary N) is 1. The lowest BCUT2D eigenvalue weighted by Crippen LogP contribution is -2.48. The maximum absolute atomic E-state index is 12.2. The molecule has 1 N–H and O–H groups in total. The molecule has 10 nitrogen and oxygen atoms in total. The lowest BCUT2D eigenvalue weighted by atomic mass is 9.60. The number of piperidine rings is 1. The molecule has 0 atom stereocenters. The summed E-state index contributed by atoms with van der Waals surface area (Å²) < 4.78 is 13.1. The summed E-state index contributed by atoms with van der Waals surface area (Å²) in [6.45, 7) is 7.58. The number of likely N-dealkylation sites (tertiary alicyclic amines) is 1. The number of anilines is 3. The fraction of sp³-hybridized carbons (Fsp3) is 0.333. The third-order valence-corrected chi connectivity index (χ3v) is 9.84. The zero-order chi connectivity index (χ0) is 33.6. The summed E-state index contributed by atoms with van der Waals surface area (Å²) in [5.74, 6) is 2.09. The molecule has 1 spiro atoms. The number of hydrogen-bond donors (Lipinski definition) is 1. The van der Waals surface area contributed by atoms with Crippen molar-refractivity contribution in [1.29, 1.82) is 0 Å². The molecule has 0 bridgehead atoms. The van der Waals surface area contributed by atoms with E-state index in [1.54, 1.807) is 7.11 Å². The van der Waals surface area contributed by atoms with Crippen LogP contribution >= 0.6 is 0 Å². The molecule has 1 aliphatic heterocycles. The fourth-order valence-electron chi connectivity index (χ4n) is 7.14. The molecule has 1 saturated heterocycles. The number of methoxy groups -OCH3 is 1. The number of carbonyl (C=O) groups excluding carboxylic acids is 1. The first-order valence-corrected chi connectivity index (χ1v) is 17.0. The van der Waals surface area contributed by atoms with E-state index in [9.17, 15) is 4.79 Å². The quantitative estimate of drug-likeness (QED) is 0.108. The van der Waals surface area contributed by atoms with Gasteiger partial charge in [-0.05, 0) is 72.6 Å². The van der Waals surface area contributed by atoms with Gasteiger partial charge in [0.25, 0.3) is 0 Å². The second-order valence-corrected chi connectivity index (χ2v) is 13.1. The number of carbonyl (C=O) groups is 1. The third kappa shape index (κ3) is 7.29. The van der Waals surface area contributed by atoms with Crippen molar-refractivity contribution in [1.82, 2.24) is 24.4 Å². The van der Waals surface area contributed by atoms with Crippen molar-refractivity contribution < 1.29 is 14.3 Å². The number of amides is 1. The number of imidazole rings is 1. The lowest BCUT2D eigenvalue weighted by Gasteiger charge is -2.52. The van der Waals surface area contributed by atoms with Crippen molar-refractivity contribution in [2.24, 2.45) is 5.41 Å². The Kier molecular flexibility index (Phi) is 9.56. The Bertz CT molecular complexity index is 1820. The van der Waals surface area contributed by atoms with Crippen LogP contribution in [0.25, 0.3) is 11.2 Å². The maximum Gasteiger partial charge on any atom is 0.245 e. The maximum atomic E-state index is 12.2. The van der Waals surface area contributed by atoms with Crippen molar-refractivity contribution in [3.05, 3.63) is 115 Å². The Labute approximate surface area is 287 Å². The highest BCUT2D eigenvalue weighted by Crippen LogP contribution is 2.55. The van der Waals surface area contributed by atoms with Gasteiger partial charge < -0.3 is 29.2 Å². The minimum Gasteiger partial charge on any atom is -0.491 e. The molecule has 3 heterocycles. The number of ether oxygens (including phenoxy) is 2. The summed E-state index contributed by atoms with van der Waals surface area (Å²) in [5, 5.41) is 3.47. The molecule has 2 aliphatic rings. The highest BCUT2D eigenvalue weighted by Gasteiger charge is 2.47. The molecule has 49 heavy (non-hydrogen) atoms. The molecular weight excluding hydrogens is 614 g/mol. The van der Waals surface area contributed by atoms with Crippen molar-refractivity contribution in [2.75, 3.05) is 43.6 Å². The van der Waals surface area contributed by atoms with E-state index in [2.05, 4.69) is 69.9 Å². The molecule has 3 aromatic carbocycles. The summed E-state index contributed by atoms with van der Waals surface area (Å²) in [6, 6.07) is 29.0. The largest absolute Gasteiger partial charge is 0.491 e. The van der Waals surface area contributed by atoms with Gasteiger partial charge in [0.15, 0.2) is 17.0 Å². The molecular formula is C39H43N7O3. The van der Waals surface area contributed by atoms with Gasteiger partial charge in [0.05, 0.1) is 12.9 Å². The van der Waals surface area contributed by atoms with Crippen LogP contribution in [0.5, 0.6) is 5.75 Å². The van der Waals surface area contributed by atoms with E-state index in [1.807, 2.05) is 47.6 Å². The summed E-state index contributed by atoms with van der Waals surface area (Å²) in [7, 11) is 1.66.